The van der Waals surface area contributed by atoms with Crippen LogP contribution in [0.15, 0.2) is 6.07 Å². The molecule has 1 aromatic rings. The first kappa shape index (κ1) is 11.0. The van der Waals surface area contributed by atoms with Gasteiger partial charge < -0.3 is 10.5 Å². The van der Waals surface area contributed by atoms with Gasteiger partial charge in [-0.05, 0) is 6.42 Å². The van der Waals surface area contributed by atoms with Crippen molar-refractivity contribution in [2.24, 2.45) is 0 Å². The van der Waals surface area contributed by atoms with Gasteiger partial charge in [0.15, 0.2) is 0 Å². The third-order valence-electron chi connectivity index (χ3n) is 1.69. The fourth-order valence-corrected chi connectivity index (χ4v) is 1.20. The van der Waals surface area contributed by atoms with Crippen molar-refractivity contribution < 1.29 is 4.74 Å². The van der Waals surface area contributed by atoms with E-state index >= 15 is 0 Å². The minimum atomic E-state index is 0.142. The van der Waals surface area contributed by atoms with Crippen molar-refractivity contribution in [2.45, 2.75) is 26.2 Å². The van der Waals surface area contributed by atoms with Gasteiger partial charge in [-0.2, -0.15) is 4.98 Å². The predicted octanol–water partition coefficient (Wildman–Crippen LogP) is 2.28. The molecule has 0 atom stereocenters. The van der Waals surface area contributed by atoms with Crippen LogP contribution >= 0.6 is 11.6 Å². The number of anilines is 1. The van der Waals surface area contributed by atoms with Crippen LogP contribution in [0.2, 0.25) is 5.15 Å². The monoisotopic (exact) mass is 215 g/mol. The van der Waals surface area contributed by atoms with E-state index in [0.29, 0.717) is 17.6 Å². The predicted molar refractivity (Wildman–Crippen MR) is 56.5 cm³/mol. The number of ether oxygens (including phenoxy) is 1. The van der Waals surface area contributed by atoms with Crippen molar-refractivity contribution in [3.8, 4) is 5.88 Å². The third-order valence-corrected chi connectivity index (χ3v) is 1.88. The Kier molecular flexibility index (Phi) is 4.46. The Morgan fingerprint density at radius 1 is 1.43 bits per heavy atom. The van der Waals surface area contributed by atoms with Gasteiger partial charge in [0.25, 0.3) is 0 Å². The van der Waals surface area contributed by atoms with Crippen molar-refractivity contribution in [3.05, 3.63) is 11.2 Å². The Morgan fingerprint density at radius 2 is 2.21 bits per heavy atom. The Bertz CT molecular complexity index is 273. The molecule has 0 radical (unpaired) electrons. The molecule has 0 aliphatic rings. The molecule has 4 nitrogen and oxygen atoms in total. The molecule has 1 aromatic heterocycles. The van der Waals surface area contributed by atoms with Gasteiger partial charge in [-0.3, -0.25) is 0 Å². The Hall–Kier alpha value is -1.03. The summed E-state index contributed by atoms with van der Waals surface area (Å²) in [5.74, 6) is 0.585. The van der Waals surface area contributed by atoms with Crippen LogP contribution in [0, 0.1) is 0 Å². The van der Waals surface area contributed by atoms with E-state index in [2.05, 4.69) is 16.9 Å². The zero-order valence-electron chi connectivity index (χ0n) is 8.16. The van der Waals surface area contributed by atoms with Crippen LogP contribution < -0.4 is 10.5 Å². The van der Waals surface area contributed by atoms with Crippen molar-refractivity contribution in [1.29, 1.82) is 0 Å². The molecular formula is C9H14ClN3O. The minimum absolute atomic E-state index is 0.142. The maximum atomic E-state index is 5.68. The van der Waals surface area contributed by atoms with E-state index < -0.39 is 0 Å². The highest BCUT2D eigenvalue weighted by Crippen LogP contribution is 2.14. The maximum absolute atomic E-state index is 5.68. The van der Waals surface area contributed by atoms with Crippen LogP contribution in [0.1, 0.15) is 26.2 Å². The molecule has 1 heterocycles. The summed E-state index contributed by atoms with van der Waals surface area (Å²) in [6.07, 6.45) is 3.32. The van der Waals surface area contributed by atoms with E-state index in [1.807, 2.05) is 0 Å². The third kappa shape index (κ3) is 3.79. The lowest BCUT2D eigenvalue weighted by atomic mass is 10.3. The standard InChI is InChI=1S/C9H14ClN3O/c1-2-3-4-5-14-8-6-7(10)12-9(11)13-8/h6H,2-5H2,1H3,(H2,11,12,13). The lowest BCUT2D eigenvalue weighted by Crippen LogP contribution is -2.02. The van der Waals surface area contributed by atoms with Gasteiger partial charge in [-0.25, -0.2) is 4.98 Å². The molecule has 0 aliphatic carbocycles. The fourth-order valence-electron chi connectivity index (χ4n) is 1.02. The lowest BCUT2D eigenvalue weighted by Gasteiger charge is -2.04. The Morgan fingerprint density at radius 3 is 2.86 bits per heavy atom. The molecule has 78 valence electrons. The quantitative estimate of drug-likeness (QED) is 0.605. The topological polar surface area (TPSA) is 61.0 Å². The van der Waals surface area contributed by atoms with E-state index in [-0.39, 0.29) is 5.95 Å². The molecular weight excluding hydrogens is 202 g/mol. The highest BCUT2D eigenvalue weighted by molar-refractivity contribution is 6.29. The molecule has 0 aliphatic heterocycles. The van der Waals surface area contributed by atoms with E-state index in [9.17, 15) is 0 Å². The number of halogens is 1. The lowest BCUT2D eigenvalue weighted by molar-refractivity contribution is 0.295. The number of unbranched alkanes of at least 4 members (excludes halogenated alkanes) is 2. The summed E-state index contributed by atoms with van der Waals surface area (Å²) in [7, 11) is 0. The van der Waals surface area contributed by atoms with E-state index in [1.54, 1.807) is 6.07 Å². The largest absolute Gasteiger partial charge is 0.478 e. The van der Waals surface area contributed by atoms with Gasteiger partial charge in [0.1, 0.15) is 5.15 Å². The number of rotatable bonds is 5. The molecule has 0 unspecified atom stereocenters. The Balaban J connectivity index is 2.42. The number of nitrogen functional groups attached to an aromatic ring is 1. The maximum Gasteiger partial charge on any atom is 0.224 e. The first-order valence-electron chi connectivity index (χ1n) is 4.65. The second-order valence-electron chi connectivity index (χ2n) is 2.94. The molecule has 2 N–H and O–H groups in total. The first-order valence-corrected chi connectivity index (χ1v) is 5.03. The number of hydrogen-bond donors (Lipinski definition) is 1. The summed E-state index contributed by atoms with van der Waals surface area (Å²) >= 11 is 5.68. The van der Waals surface area contributed by atoms with Gasteiger partial charge >= 0.3 is 0 Å². The van der Waals surface area contributed by atoms with Crippen LogP contribution in [0.4, 0.5) is 5.95 Å². The van der Waals surface area contributed by atoms with Crippen molar-refractivity contribution in [2.75, 3.05) is 12.3 Å². The van der Waals surface area contributed by atoms with Gasteiger partial charge in [0.05, 0.1) is 6.61 Å². The second kappa shape index (κ2) is 5.65. The molecule has 0 aromatic carbocycles. The van der Waals surface area contributed by atoms with Crippen LogP contribution in [-0.2, 0) is 0 Å². The SMILES string of the molecule is CCCCCOc1cc(Cl)nc(N)n1. The highest BCUT2D eigenvalue weighted by atomic mass is 35.5. The van der Waals surface area contributed by atoms with Gasteiger partial charge in [-0.15, -0.1) is 0 Å². The van der Waals surface area contributed by atoms with Crippen molar-refractivity contribution in [1.82, 2.24) is 9.97 Å². The van der Waals surface area contributed by atoms with Crippen molar-refractivity contribution >= 4 is 17.5 Å². The molecule has 0 saturated heterocycles. The highest BCUT2D eigenvalue weighted by Gasteiger charge is 2.00. The molecule has 0 bridgehead atoms. The molecule has 5 heteroatoms. The van der Waals surface area contributed by atoms with Crippen molar-refractivity contribution in [3.63, 3.8) is 0 Å². The van der Waals surface area contributed by atoms with E-state index in [1.165, 1.54) is 0 Å². The number of nitrogens with two attached hydrogens (primary N) is 1. The average Bonchev–Trinajstić information content (AvgIpc) is 2.11. The molecule has 0 spiro atoms. The van der Waals surface area contributed by atoms with Gasteiger partial charge in [0, 0.05) is 6.07 Å². The first-order chi connectivity index (χ1) is 6.72. The summed E-state index contributed by atoms with van der Waals surface area (Å²) in [6, 6.07) is 1.56. The second-order valence-corrected chi connectivity index (χ2v) is 3.33. The molecule has 0 saturated carbocycles. The smallest absolute Gasteiger partial charge is 0.224 e. The van der Waals surface area contributed by atoms with Crippen LogP contribution in [0.3, 0.4) is 0 Å². The minimum Gasteiger partial charge on any atom is -0.478 e. The summed E-state index contributed by atoms with van der Waals surface area (Å²) in [5.41, 5.74) is 5.40. The molecule has 0 amide bonds. The number of hydrogen-bond acceptors (Lipinski definition) is 4. The number of aromatic nitrogens is 2. The zero-order chi connectivity index (χ0) is 10.4. The number of nitrogens with zero attached hydrogens (tertiary/aromatic N) is 2. The zero-order valence-corrected chi connectivity index (χ0v) is 8.92. The average molecular weight is 216 g/mol. The molecule has 0 fully saturated rings. The fraction of sp³-hybridized carbons (Fsp3) is 0.556. The van der Waals surface area contributed by atoms with Gasteiger partial charge in [0.2, 0.25) is 11.8 Å². The normalized spacial score (nSPS) is 10.1. The molecule has 1 rings (SSSR count). The summed E-state index contributed by atoms with van der Waals surface area (Å²) < 4.78 is 5.35. The van der Waals surface area contributed by atoms with Gasteiger partial charge in [-0.1, -0.05) is 31.4 Å². The van der Waals surface area contributed by atoms with Crippen LogP contribution in [-0.4, -0.2) is 16.6 Å². The Labute approximate surface area is 88.5 Å². The van der Waals surface area contributed by atoms with E-state index in [4.69, 9.17) is 22.1 Å². The summed E-state index contributed by atoms with van der Waals surface area (Å²) in [4.78, 5) is 7.62. The van der Waals surface area contributed by atoms with Crippen LogP contribution in [0.25, 0.3) is 0 Å². The summed E-state index contributed by atoms with van der Waals surface area (Å²) in [6.45, 7) is 2.78. The summed E-state index contributed by atoms with van der Waals surface area (Å²) in [5, 5.41) is 0.308. The van der Waals surface area contributed by atoms with Crippen LogP contribution in [0.5, 0.6) is 5.88 Å². The molecule has 14 heavy (non-hydrogen) atoms. The van der Waals surface area contributed by atoms with E-state index in [0.717, 1.165) is 19.3 Å².